The van der Waals surface area contributed by atoms with Crippen molar-refractivity contribution in [2.24, 2.45) is 5.92 Å². The molecule has 1 aromatic heterocycles. The molecule has 0 aliphatic heterocycles. The van der Waals surface area contributed by atoms with Crippen molar-refractivity contribution in [2.45, 2.75) is 25.6 Å². The number of ether oxygens (including phenoxy) is 2. The maximum absolute atomic E-state index is 5.47. The smallest absolute Gasteiger partial charge is 0.137 e. The van der Waals surface area contributed by atoms with Crippen molar-refractivity contribution < 1.29 is 9.47 Å². The second-order valence-corrected chi connectivity index (χ2v) is 4.47. The molecule has 1 atom stereocenters. The number of H-pyrrole nitrogens is 1. The summed E-state index contributed by atoms with van der Waals surface area (Å²) in [6.45, 7) is 0.514. The minimum atomic E-state index is 0.0403. The van der Waals surface area contributed by atoms with Crippen molar-refractivity contribution in [1.82, 2.24) is 9.97 Å². The Morgan fingerprint density at radius 3 is 2.88 bits per heavy atom. The number of rotatable bonds is 5. The molecule has 1 saturated carbocycles. The summed E-state index contributed by atoms with van der Waals surface area (Å²) in [6, 6.07) is 1.82. The molecule has 1 unspecified atom stereocenters. The van der Waals surface area contributed by atoms with E-state index < -0.39 is 0 Å². The molecule has 1 aliphatic carbocycles. The molecule has 88 valence electrons. The average molecular weight is 240 g/mol. The van der Waals surface area contributed by atoms with Gasteiger partial charge in [0, 0.05) is 19.9 Å². The molecule has 0 amide bonds. The molecule has 2 rings (SSSR count). The van der Waals surface area contributed by atoms with Gasteiger partial charge in [-0.1, -0.05) is 12.2 Å². The van der Waals surface area contributed by atoms with Gasteiger partial charge >= 0.3 is 0 Å². The summed E-state index contributed by atoms with van der Waals surface area (Å²) in [4.78, 5) is 7.56. The summed E-state index contributed by atoms with van der Waals surface area (Å²) >= 11 is 5.13. The Morgan fingerprint density at radius 1 is 1.56 bits per heavy atom. The standard InChI is InChI=1S/C11H16N2O2S/c1-14-6-8-5-9(16)13-11(12-8)10(15-2)7-3-4-7/h5,7,10H,3-4,6H2,1-2H3,(H,12,13,16). The Morgan fingerprint density at radius 2 is 2.31 bits per heavy atom. The van der Waals surface area contributed by atoms with Crippen LogP contribution in [-0.4, -0.2) is 24.2 Å². The molecule has 0 aromatic carbocycles. The summed E-state index contributed by atoms with van der Waals surface area (Å²) in [5, 5.41) is 0. The largest absolute Gasteiger partial charge is 0.378 e. The number of nitrogens with zero attached hydrogens (tertiary/aromatic N) is 1. The van der Waals surface area contributed by atoms with Crippen LogP contribution in [0.15, 0.2) is 6.07 Å². The van der Waals surface area contributed by atoms with Crippen molar-refractivity contribution in [2.75, 3.05) is 14.2 Å². The molecule has 1 fully saturated rings. The minimum Gasteiger partial charge on any atom is -0.378 e. The molecule has 16 heavy (non-hydrogen) atoms. The summed E-state index contributed by atoms with van der Waals surface area (Å²) < 4.78 is 11.1. The molecule has 0 spiro atoms. The summed E-state index contributed by atoms with van der Waals surface area (Å²) in [5.41, 5.74) is 0.945. The van der Waals surface area contributed by atoms with E-state index in [1.165, 1.54) is 12.8 Å². The van der Waals surface area contributed by atoms with E-state index in [4.69, 9.17) is 21.7 Å². The van der Waals surface area contributed by atoms with Crippen molar-refractivity contribution in [1.29, 1.82) is 0 Å². The monoisotopic (exact) mass is 240 g/mol. The highest BCUT2D eigenvalue weighted by Crippen LogP contribution is 2.41. The Bertz CT molecular complexity index is 415. The maximum atomic E-state index is 5.47. The lowest BCUT2D eigenvalue weighted by Crippen LogP contribution is -2.10. The van der Waals surface area contributed by atoms with Gasteiger partial charge in [0.25, 0.3) is 0 Å². The first-order valence-corrected chi connectivity index (χ1v) is 5.77. The lowest BCUT2D eigenvalue weighted by Gasteiger charge is -2.14. The lowest BCUT2D eigenvalue weighted by atomic mass is 10.2. The Hall–Kier alpha value is -0.780. The highest BCUT2D eigenvalue weighted by molar-refractivity contribution is 7.71. The number of hydrogen-bond acceptors (Lipinski definition) is 4. The van der Waals surface area contributed by atoms with E-state index >= 15 is 0 Å². The zero-order chi connectivity index (χ0) is 11.5. The van der Waals surface area contributed by atoms with Crippen LogP contribution in [0.3, 0.4) is 0 Å². The van der Waals surface area contributed by atoms with E-state index in [9.17, 15) is 0 Å². The van der Waals surface area contributed by atoms with E-state index in [2.05, 4.69) is 9.97 Å². The van der Waals surface area contributed by atoms with Crippen LogP contribution in [0.2, 0.25) is 0 Å². The van der Waals surface area contributed by atoms with Crippen molar-refractivity contribution in [3.63, 3.8) is 0 Å². The summed E-state index contributed by atoms with van der Waals surface area (Å²) in [5.74, 6) is 1.41. The summed E-state index contributed by atoms with van der Waals surface area (Å²) in [7, 11) is 3.37. The molecule has 1 N–H and O–H groups in total. The third-order valence-electron chi connectivity index (χ3n) is 2.69. The van der Waals surface area contributed by atoms with E-state index in [0.717, 1.165) is 11.5 Å². The summed E-state index contributed by atoms with van der Waals surface area (Å²) in [6.07, 6.45) is 2.45. The van der Waals surface area contributed by atoms with Crippen LogP contribution in [0.4, 0.5) is 0 Å². The van der Waals surface area contributed by atoms with Gasteiger partial charge in [0.05, 0.1) is 6.61 Å². The van der Waals surface area contributed by atoms with Gasteiger partial charge in [-0.25, -0.2) is 4.98 Å². The van der Waals surface area contributed by atoms with Crippen LogP contribution in [0, 0.1) is 10.6 Å². The van der Waals surface area contributed by atoms with Gasteiger partial charge in [0.1, 0.15) is 16.6 Å². The van der Waals surface area contributed by atoms with Gasteiger partial charge in [-0.3, -0.25) is 0 Å². The second-order valence-electron chi connectivity index (χ2n) is 4.06. The zero-order valence-electron chi connectivity index (χ0n) is 9.53. The number of nitrogens with one attached hydrogen (secondary N) is 1. The minimum absolute atomic E-state index is 0.0403. The molecule has 0 saturated heterocycles. The van der Waals surface area contributed by atoms with Gasteiger partial charge in [-0.05, 0) is 24.8 Å². The molecular weight excluding hydrogens is 224 g/mol. The number of aromatic amines is 1. The number of hydrogen-bond donors (Lipinski definition) is 1. The Balaban J connectivity index is 2.27. The van der Waals surface area contributed by atoms with Gasteiger partial charge in [0.2, 0.25) is 0 Å². The highest BCUT2D eigenvalue weighted by atomic mass is 32.1. The normalized spacial score (nSPS) is 17.4. The predicted octanol–water partition coefficient (Wildman–Crippen LogP) is 2.38. The van der Waals surface area contributed by atoms with Crippen molar-refractivity contribution >= 4 is 12.2 Å². The van der Waals surface area contributed by atoms with Crippen LogP contribution >= 0.6 is 12.2 Å². The van der Waals surface area contributed by atoms with Gasteiger partial charge < -0.3 is 14.5 Å². The van der Waals surface area contributed by atoms with E-state index in [-0.39, 0.29) is 6.10 Å². The van der Waals surface area contributed by atoms with Gasteiger partial charge in [-0.2, -0.15) is 0 Å². The molecule has 4 nitrogen and oxygen atoms in total. The Labute approximate surface area is 100 Å². The quantitative estimate of drug-likeness (QED) is 0.803. The van der Waals surface area contributed by atoms with Crippen LogP contribution in [0.25, 0.3) is 0 Å². The van der Waals surface area contributed by atoms with Crippen LogP contribution in [0.1, 0.15) is 30.5 Å². The fourth-order valence-corrected chi connectivity index (χ4v) is 2.06. The molecule has 0 bridgehead atoms. The average Bonchev–Trinajstić information content (AvgIpc) is 3.03. The van der Waals surface area contributed by atoms with Crippen LogP contribution in [-0.2, 0) is 16.1 Å². The topological polar surface area (TPSA) is 47.1 Å². The van der Waals surface area contributed by atoms with E-state index in [0.29, 0.717) is 17.2 Å². The number of methoxy groups -OCH3 is 2. The molecule has 1 aromatic rings. The fraction of sp³-hybridized carbons (Fsp3) is 0.636. The van der Waals surface area contributed by atoms with Crippen molar-refractivity contribution in [3.05, 3.63) is 22.2 Å². The van der Waals surface area contributed by atoms with Crippen molar-refractivity contribution in [3.8, 4) is 0 Å². The fourth-order valence-electron chi connectivity index (χ4n) is 1.82. The second kappa shape index (κ2) is 5.03. The van der Waals surface area contributed by atoms with Gasteiger partial charge in [0.15, 0.2) is 0 Å². The van der Waals surface area contributed by atoms with E-state index in [1.54, 1.807) is 14.2 Å². The first-order chi connectivity index (χ1) is 7.74. The van der Waals surface area contributed by atoms with E-state index in [1.807, 2.05) is 6.07 Å². The van der Waals surface area contributed by atoms with Crippen LogP contribution < -0.4 is 0 Å². The Kier molecular flexibility index (Phi) is 3.68. The molecule has 1 aliphatic rings. The molecule has 5 heteroatoms. The first kappa shape index (κ1) is 11.7. The highest BCUT2D eigenvalue weighted by Gasteiger charge is 2.34. The molecule has 1 heterocycles. The zero-order valence-corrected chi connectivity index (χ0v) is 10.3. The molecular formula is C11H16N2O2S. The lowest BCUT2D eigenvalue weighted by molar-refractivity contribution is 0.0763. The third-order valence-corrected chi connectivity index (χ3v) is 2.90. The SMILES string of the molecule is COCc1cc(=S)nc(C(OC)C2CC2)[nH]1. The first-order valence-electron chi connectivity index (χ1n) is 5.36. The maximum Gasteiger partial charge on any atom is 0.137 e. The van der Waals surface area contributed by atoms with Gasteiger partial charge in [-0.15, -0.1) is 0 Å². The number of aromatic nitrogens is 2. The third kappa shape index (κ3) is 2.66. The predicted molar refractivity (Wildman–Crippen MR) is 62.6 cm³/mol. The van der Waals surface area contributed by atoms with Crippen LogP contribution in [0.5, 0.6) is 0 Å². The molecule has 0 radical (unpaired) electrons.